The average Bonchev–Trinajstić information content (AvgIpc) is 3.15. The summed E-state index contributed by atoms with van der Waals surface area (Å²) in [5, 5.41) is 14.9. The fourth-order valence-corrected chi connectivity index (χ4v) is 4.63. The Morgan fingerprint density at radius 3 is 2.66 bits per heavy atom. The molecule has 0 bridgehead atoms. The molecule has 1 heterocycles. The lowest BCUT2D eigenvalue weighted by Crippen LogP contribution is -2.26. The van der Waals surface area contributed by atoms with E-state index in [1.54, 1.807) is 0 Å². The summed E-state index contributed by atoms with van der Waals surface area (Å²) in [6.07, 6.45) is 4.36. The number of rotatable bonds is 6. The maximum atomic E-state index is 12.6. The van der Waals surface area contributed by atoms with Gasteiger partial charge in [0, 0.05) is 44.4 Å². The van der Waals surface area contributed by atoms with Crippen molar-refractivity contribution in [3.8, 4) is 0 Å². The standard InChI is InChI=1S/C26H30N2O4/c1-26(2)15-22(31)25-19(28-32-23(25)16-26)11-12-21(30)24-18(9-6-10-20(24)29)27-14-13-17-7-4-3-5-8-17/h3-5,7-8,30H,6,9-16H2,1-2H3/b24-21+,27-18?. The van der Waals surface area contributed by atoms with Crippen LogP contribution in [0.4, 0.5) is 0 Å². The zero-order valence-corrected chi connectivity index (χ0v) is 18.8. The molecule has 2 aliphatic rings. The molecule has 0 aliphatic heterocycles. The Morgan fingerprint density at radius 2 is 1.88 bits per heavy atom. The molecule has 168 valence electrons. The van der Waals surface area contributed by atoms with Gasteiger partial charge >= 0.3 is 0 Å². The quantitative estimate of drug-likeness (QED) is 0.509. The number of ketones is 2. The van der Waals surface area contributed by atoms with Gasteiger partial charge in [0.25, 0.3) is 0 Å². The number of aliphatic hydroxyl groups is 1. The van der Waals surface area contributed by atoms with Crippen molar-refractivity contribution in [3.05, 3.63) is 64.2 Å². The molecule has 6 heteroatoms. The van der Waals surface area contributed by atoms with Gasteiger partial charge in [-0.25, -0.2) is 0 Å². The number of allylic oxidation sites excluding steroid dienone is 2. The van der Waals surface area contributed by atoms with E-state index in [0.717, 1.165) is 12.8 Å². The highest BCUT2D eigenvalue weighted by Crippen LogP contribution is 2.36. The van der Waals surface area contributed by atoms with Crippen LogP contribution in [0.25, 0.3) is 0 Å². The van der Waals surface area contributed by atoms with Crippen molar-refractivity contribution >= 4 is 17.3 Å². The summed E-state index contributed by atoms with van der Waals surface area (Å²) in [5.41, 5.74) is 3.23. The minimum absolute atomic E-state index is 0.0356. The molecule has 0 unspecified atom stereocenters. The molecule has 1 fully saturated rings. The van der Waals surface area contributed by atoms with E-state index in [-0.39, 0.29) is 29.2 Å². The zero-order valence-electron chi connectivity index (χ0n) is 18.8. The second kappa shape index (κ2) is 9.23. The van der Waals surface area contributed by atoms with Crippen molar-refractivity contribution in [2.24, 2.45) is 10.4 Å². The highest BCUT2D eigenvalue weighted by molar-refractivity contribution is 6.24. The van der Waals surface area contributed by atoms with Gasteiger partial charge in [0.15, 0.2) is 11.6 Å². The second-order valence-corrected chi connectivity index (χ2v) is 9.53. The lowest BCUT2D eigenvalue weighted by molar-refractivity contribution is -0.115. The Morgan fingerprint density at radius 1 is 1.09 bits per heavy atom. The van der Waals surface area contributed by atoms with Crippen molar-refractivity contribution < 1.29 is 19.2 Å². The largest absolute Gasteiger partial charge is 0.511 e. The van der Waals surface area contributed by atoms with Crippen LogP contribution in [-0.2, 0) is 24.1 Å². The molecule has 1 aromatic carbocycles. The van der Waals surface area contributed by atoms with E-state index in [2.05, 4.69) is 22.3 Å². The summed E-state index contributed by atoms with van der Waals surface area (Å²) in [5.74, 6) is 0.641. The number of aryl methyl sites for hydroxylation is 1. The molecule has 0 saturated heterocycles. The van der Waals surface area contributed by atoms with Crippen molar-refractivity contribution in [2.75, 3.05) is 6.54 Å². The number of hydrogen-bond acceptors (Lipinski definition) is 6. The van der Waals surface area contributed by atoms with Crippen molar-refractivity contribution in [1.82, 2.24) is 5.16 Å². The number of benzene rings is 1. The van der Waals surface area contributed by atoms with Crippen LogP contribution < -0.4 is 0 Å². The molecular formula is C26H30N2O4. The van der Waals surface area contributed by atoms with E-state index in [9.17, 15) is 14.7 Å². The van der Waals surface area contributed by atoms with Gasteiger partial charge in [-0.05, 0) is 30.2 Å². The maximum Gasteiger partial charge on any atom is 0.168 e. The first-order valence-corrected chi connectivity index (χ1v) is 11.4. The second-order valence-electron chi connectivity index (χ2n) is 9.53. The van der Waals surface area contributed by atoms with Crippen molar-refractivity contribution in [3.63, 3.8) is 0 Å². The third-order valence-electron chi connectivity index (χ3n) is 6.21. The molecule has 2 aromatic rings. The highest BCUT2D eigenvalue weighted by Gasteiger charge is 2.36. The van der Waals surface area contributed by atoms with Crippen molar-refractivity contribution in [1.29, 1.82) is 0 Å². The molecular weight excluding hydrogens is 404 g/mol. The van der Waals surface area contributed by atoms with Crippen LogP contribution in [0.15, 0.2) is 51.2 Å². The smallest absolute Gasteiger partial charge is 0.168 e. The lowest BCUT2D eigenvalue weighted by atomic mass is 9.76. The average molecular weight is 435 g/mol. The van der Waals surface area contributed by atoms with E-state index in [1.165, 1.54) is 5.56 Å². The Labute approximate surface area is 188 Å². The molecule has 0 spiro atoms. The predicted molar refractivity (Wildman–Crippen MR) is 122 cm³/mol. The zero-order chi connectivity index (χ0) is 22.7. The van der Waals surface area contributed by atoms with Crippen LogP contribution in [0.5, 0.6) is 0 Å². The minimum atomic E-state index is -0.134. The van der Waals surface area contributed by atoms with Crippen LogP contribution in [0.3, 0.4) is 0 Å². The van der Waals surface area contributed by atoms with Gasteiger partial charge in [-0.15, -0.1) is 0 Å². The van der Waals surface area contributed by atoms with Gasteiger partial charge in [-0.3, -0.25) is 14.6 Å². The Bertz CT molecular complexity index is 1080. The van der Waals surface area contributed by atoms with Crippen LogP contribution >= 0.6 is 0 Å². The Balaban J connectivity index is 1.49. The summed E-state index contributed by atoms with van der Waals surface area (Å²) < 4.78 is 5.45. The number of Topliss-reactive ketones (excluding diaryl/α,β-unsaturated/α-hetero) is 2. The van der Waals surface area contributed by atoms with Crippen LogP contribution in [-0.4, -0.2) is 34.1 Å². The summed E-state index contributed by atoms with van der Waals surface area (Å²) in [4.78, 5) is 29.9. The summed E-state index contributed by atoms with van der Waals surface area (Å²) in [6.45, 7) is 4.66. The molecule has 1 saturated carbocycles. The van der Waals surface area contributed by atoms with E-state index < -0.39 is 0 Å². The first-order chi connectivity index (χ1) is 15.3. The fourth-order valence-electron chi connectivity index (χ4n) is 4.63. The molecule has 0 amide bonds. The molecule has 0 radical (unpaired) electrons. The number of carbonyl (C=O) groups is 2. The number of hydrogen-bond donors (Lipinski definition) is 1. The van der Waals surface area contributed by atoms with E-state index >= 15 is 0 Å². The molecule has 32 heavy (non-hydrogen) atoms. The first-order valence-electron chi connectivity index (χ1n) is 11.4. The van der Waals surface area contributed by atoms with Gasteiger partial charge in [0.05, 0.1) is 16.8 Å². The normalized spacial score (nSPS) is 21.0. The summed E-state index contributed by atoms with van der Waals surface area (Å²) in [6, 6.07) is 10.1. The fraction of sp³-hybridized carbons (Fsp3) is 0.462. The number of carbonyl (C=O) groups excluding carboxylic acids is 2. The molecule has 1 aromatic heterocycles. The van der Waals surface area contributed by atoms with Gasteiger partial charge in [0.1, 0.15) is 11.5 Å². The summed E-state index contributed by atoms with van der Waals surface area (Å²) >= 11 is 0. The minimum Gasteiger partial charge on any atom is -0.511 e. The topological polar surface area (TPSA) is 92.8 Å². The number of aliphatic hydroxyl groups excluding tert-OH is 1. The van der Waals surface area contributed by atoms with Crippen molar-refractivity contribution in [2.45, 2.75) is 65.2 Å². The van der Waals surface area contributed by atoms with Gasteiger partial charge < -0.3 is 9.63 Å². The molecule has 2 aliphatic carbocycles. The Kier molecular flexibility index (Phi) is 6.40. The SMILES string of the molecule is CC1(C)CC(=O)c2c(CC/C(O)=C3\C(=O)CCCC3=NCCc3ccccc3)noc2C1. The van der Waals surface area contributed by atoms with Gasteiger partial charge in [0.2, 0.25) is 0 Å². The van der Waals surface area contributed by atoms with E-state index in [4.69, 9.17) is 4.52 Å². The highest BCUT2D eigenvalue weighted by atomic mass is 16.5. The predicted octanol–water partition coefficient (Wildman–Crippen LogP) is 5.01. The third-order valence-corrected chi connectivity index (χ3v) is 6.21. The number of fused-ring (bicyclic) bond motifs is 1. The van der Waals surface area contributed by atoms with Gasteiger partial charge in [-0.2, -0.15) is 0 Å². The monoisotopic (exact) mass is 434 g/mol. The third kappa shape index (κ3) is 4.90. The number of aromatic nitrogens is 1. The van der Waals surface area contributed by atoms with Crippen LogP contribution in [0.1, 0.15) is 73.3 Å². The summed E-state index contributed by atoms with van der Waals surface area (Å²) in [7, 11) is 0. The molecule has 6 nitrogen and oxygen atoms in total. The molecule has 0 atom stereocenters. The first kappa shape index (κ1) is 22.2. The molecule has 4 rings (SSSR count). The van der Waals surface area contributed by atoms with Crippen LogP contribution in [0.2, 0.25) is 0 Å². The van der Waals surface area contributed by atoms with E-state index in [1.807, 2.05) is 32.0 Å². The number of aliphatic imine (C=N–C) groups is 1. The molecule has 1 N–H and O–H groups in total. The lowest BCUT2D eigenvalue weighted by Gasteiger charge is -2.26. The maximum absolute atomic E-state index is 12.6. The van der Waals surface area contributed by atoms with E-state index in [0.29, 0.717) is 67.0 Å². The van der Waals surface area contributed by atoms with Crippen LogP contribution in [0, 0.1) is 5.41 Å². The van der Waals surface area contributed by atoms with Gasteiger partial charge in [-0.1, -0.05) is 49.3 Å². The number of nitrogens with zero attached hydrogens (tertiary/aromatic N) is 2. The Hall–Kier alpha value is -3.02.